The second kappa shape index (κ2) is 6.35. The van der Waals surface area contributed by atoms with E-state index in [0.29, 0.717) is 18.2 Å². The Bertz CT molecular complexity index is 475. The number of rotatable bonds is 4. The fourth-order valence-corrected chi connectivity index (χ4v) is 2.58. The number of likely N-dealkylation sites (tertiary alicyclic amines) is 1. The Kier molecular flexibility index (Phi) is 4.53. The summed E-state index contributed by atoms with van der Waals surface area (Å²) in [4.78, 5) is 14.2. The molecule has 1 aliphatic rings. The van der Waals surface area contributed by atoms with Crippen molar-refractivity contribution in [3.63, 3.8) is 0 Å². The predicted molar refractivity (Wildman–Crippen MR) is 74.7 cm³/mol. The van der Waals surface area contributed by atoms with E-state index in [2.05, 4.69) is 23.2 Å². The average molecular weight is 257 g/mol. The van der Waals surface area contributed by atoms with Crippen LogP contribution in [0.15, 0.2) is 24.3 Å². The number of carbonyl (C=O) groups excluding carboxylic acids is 1. The number of hydrogen-bond acceptors (Lipinski definition) is 3. The monoisotopic (exact) mass is 257 g/mol. The highest BCUT2D eigenvalue weighted by atomic mass is 16.2. The lowest BCUT2D eigenvalue weighted by Gasteiger charge is -2.22. The fourth-order valence-electron chi connectivity index (χ4n) is 2.58. The summed E-state index contributed by atoms with van der Waals surface area (Å²) in [5.74, 6) is 0.0186. The van der Waals surface area contributed by atoms with Crippen molar-refractivity contribution in [2.24, 2.45) is 0 Å². The Balaban J connectivity index is 1.88. The number of carbonyl (C=O) groups is 1. The summed E-state index contributed by atoms with van der Waals surface area (Å²) in [5.41, 5.74) is 1.35. The van der Waals surface area contributed by atoms with Gasteiger partial charge >= 0.3 is 0 Å². The van der Waals surface area contributed by atoms with E-state index in [0.717, 1.165) is 18.7 Å². The maximum atomic E-state index is 12.0. The van der Waals surface area contributed by atoms with Gasteiger partial charge in [0.15, 0.2) is 0 Å². The third kappa shape index (κ3) is 3.55. The molecule has 1 fully saturated rings. The largest absolute Gasteiger partial charge is 0.325 e. The predicted octanol–water partition coefficient (Wildman–Crippen LogP) is 2.37. The van der Waals surface area contributed by atoms with Crippen molar-refractivity contribution in [1.82, 2.24) is 4.90 Å². The summed E-state index contributed by atoms with van der Waals surface area (Å²) >= 11 is 0. The molecule has 100 valence electrons. The molecule has 0 bridgehead atoms. The first-order chi connectivity index (χ1) is 9.22. The van der Waals surface area contributed by atoms with E-state index in [-0.39, 0.29) is 5.91 Å². The molecule has 1 heterocycles. The van der Waals surface area contributed by atoms with Crippen molar-refractivity contribution in [2.75, 3.05) is 18.4 Å². The quantitative estimate of drug-likeness (QED) is 0.901. The fraction of sp³-hybridized carbons (Fsp3) is 0.467. The first-order valence-electron chi connectivity index (χ1n) is 6.77. The van der Waals surface area contributed by atoms with E-state index in [1.165, 1.54) is 12.8 Å². The van der Waals surface area contributed by atoms with Gasteiger partial charge in [0.2, 0.25) is 5.91 Å². The van der Waals surface area contributed by atoms with E-state index < -0.39 is 0 Å². The highest BCUT2D eigenvalue weighted by Crippen LogP contribution is 2.19. The first kappa shape index (κ1) is 13.6. The Morgan fingerprint density at radius 3 is 2.84 bits per heavy atom. The zero-order valence-electron chi connectivity index (χ0n) is 11.2. The third-order valence-electron chi connectivity index (χ3n) is 3.61. The van der Waals surface area contributed by atoms with Crippen LogP contribution in [0.4, 0.5) is 5.69 Å². The van der Waals surface area contributed by atoms with Crippen LogP contribution in [0.25, 0.3) is 0 Å². The van der Waals surface area contributed by atoms with E-state index >= 15 is 0 Å². The molecule has 1 unspecified atom stereocenters. The number of nitrogens with zero attached hydrogens (tertiary/aromatic N) is 2. The van der Waals surface area contributed by atoms with Gasteiger partial charge in [-0.05, 0) is 50.1 Å². The maximum absolute atomic E-state index is 12.0. The lowest BCUT2D eigenvalue weighted by atomic mass is 10.2. The normalized spacial score (nSPS) is 19.1. The first-order valence-corrected chi connectivity index (χ1v) is 6.77. The SMILES string of the molecule is CCC1CCCN1CC(=O)Nc1ccc(C#N)cc1. The molecule has 0 radical (unpaired) electrons. The van der Waals surface area contributed by atoms with Gasteiger partial charge < -0.3 is 5.32 Å². The molecule has 2 rings (SSSR count). The molecule has 1 aromatic carbocycles. The van der Waals surface area contributed by atoms with Gasteiger partial charge in [0.25, 0.3) is 0 Å². The second-order valence-corrected chi connectivity index (χ2v) is 4.91. The van der Waals surface area contributed by atoms with E-state index in [1.807, 2.05) is 0 Å². The molecule has 0 spiro atoms. The topological polar surface area (TPSA) is 56.1 Å². The van der Waals surface area contributed by atoms with E-state index in [4.69, 9.17) is 5.26 Å². The molecule has 1 N–H and O–H groups in total. The minimum absolute atomic E-state index is 0.0186. The van der Waals surface area contributed by atoms with Crippen molar-refractivity contribution in [3.05, 3.63) is 29.8 Å². The van der Waals surface area contributed by atoms with Gasteiger partial charge in [-0.15, -0.1) is 0 Å². The van der Waals surface area contributed by atoms with Gasteiger partial charge in [0.05, 0.1) is 18.2 Å². The van der Waals surface area contributed by atoms with Crippen LogP contribution in [0.3, 0.4) is 0 Å². The molecule has 1 atom stereocenters. The Labute approximate surface area is 114 Å². The highest BCUT2D eigenvalue weighted by Gasteiger charge is 2.24. The molecule has 4 nitrogen and oxygen atoms in total. The summed E-state index contributed by atoms with van der Waals surface area (Å²) in [7, 11) is 0. The lowest BCUT2D eigenvalue weighted by Crippen LogP contribution is -2.36. The molecule has 1 aliphatic heterocycles. The summed E-state index contributed by atoms with van der Waals surface area (Å²) in [6.07, 6.45) is 3.48. The van der Waals surface area contributed by atoms with Crippen LogP contribution in [-0.2, 0) is 4.79 Å². The van der Waals surface area contributed by atoms with Crippen LogP contribution >= 0.6 is 0 Å². The van der Waals surface area contributed by atoms with Crippen LogP contribution < -0.4 is 5.32 Å². The van der Waals surface area contributed by atoms with Gasteiger partial charge in [-0.25, -0.2) is 0 Å². The minimum Gasteiger partial charge on any atom is -0.325 e. The number of hydrogen-bond donors (Lipinski definition) is 1. The van der Waals surface area contributed by atoms with Crippen molar-refractivity contribution in [3.8, 4) is 6.07 Å². The summed E-state index contributed by atoms with van der Waals surface area (Å²) in [5, 5.41) is 11.6. The van der Waals surface area contributed by atoms with Gasteiger partial charge in [-0.3, -0.25) is 9.69 Å². The zero-order chi connectivity index (χ0) is 13.7. The number of nitriles is 1. The van der Waals surface area contributed by atoms with Crippen molar-refractivity contribution < 1.29 is 4.79 Å². The third-order valence-corrected chi connectivity index (χ3v) is 3.61. The van der Waals surface area contributed by atoms with Gasteiger partial charge in [0.1, 0.15) is 0 Å². The Morgan fingerprint density at radius 1 is 1.47 bits per heavy atom. The zero-order valence-corrected chi connectivity index (χ0v) is 11.2. The number of nitrogens with one attached hydrogen (secondary N) is 1. The lowest BCUT2D eigenvalue weighted by molar-refractivity contribution is -0.117. The van der Waals surface area contributed by atoms with Gasteiger partial charge in [-0.2, -0.15) is 5.26 Å². The van der Waals surface area contributed by atoms with Gasteiger partial charge in [0, 0.05) is 11.7 Å². The Morgan fingerprint density at radius 2 is 2.21 bits per heavy atom. The molecule has 0 saturated carbocycles. The van der Waals surface area contributed by atoms with Crippen molar-refractivity contribution >= 4 is 11.6 Å². The molecule has 0 aromatic heterocycles. The maximum Gasteiger partial charge on any atom is 0.238 e. The number of benzene rings is 1. The standard InChI is InChI=1S/C15H19N3O/c1-2-14-4-3-9-18(14)11-15(19)17-13-7-5-12(10-16)6-8-13/h5-8,14H,2-4,9,11H2,1H3,(H,17,19). The van der Waals surface area contributed by atoms with Crippen LogP contribution in [0.2, 0.25) is 0 Å². The van der Waals surface area contributed by atoms with Crippen molar-refractivity contribution in [2.45, 2.75) is 32.2 Å². The van der Waals surface area contributed by atoms with Crippen LogP contribution in [-0.4, -0.2) is 29.9 Å². The molecular formula is C15H19N3O. The smallest absolute Gasteiger partial charge is 0.238 e. The van der Waals surface area contributed by atoms with Crippen molar-refractivity contribution in [1.29, 1.82) is 5.26 Å². The Hall–Kier alpha value is -1.86. The summed E-state index contributed by atoms with van der Waals surface area (Å²) in [6, 6.07) is 9.55. The van der Waals surface area contributed by atoms with Crippen LogP contribution in [0, 0.1) is 11.3 Å². The number of amides is 1. The summed E-state index contributed by atoms with van der Waals surface area (Å²) < 4.78 is 0. The molecule has 0 aliphatic carbocycles. The second-order valence-electron chi connectivity index (χ2n) is 4.91. The molecule has 4 heteroatoms. The highest BCUT2D eigenvalue weighted by molar-refractivity contribution is 5.92. The average Bonchev–Trinajstić information content (AvgIpc) is 2.86. The minimum atomic E-state index is 0.0186. The van der Waals surface area contributed by atoms with Crippen LogP contribution in [0.5, 0.6) is 0 Å². The summed E-state index contributed by atoms with van der Waals surface area (Å²) in [6.45, 7) is 3.64. The van der Waals surface area contributed by atoms with Crippen LogP contribution in [0.1, 0.15) is 31.7 Å². The molecule has 1 saturated heterocycles. The molecule has 1 amide bonds. The molecular weight excluding hydrogens is 238 g/mol. The van der Waals surface area contributed by atoms with Gasteiger partial charge in [-0.1, -0.05) is 6.92 Å². The molecule has 19 heavy (non-hydrogen) atoms. The number of anilines is 1. The molecule has 1 aromatic rings. The van der Waals surface area contributed by atoms with E-state index in [1.54, 1.807) is 24.3 Å². The van der Waals surface area contributed by atoms with E-state index in [9.17, 15) is 4.79 Å².